The Morgan fingerprint density at radius 3 is 2.62 bits per heavy atom. The first-order chi connectivity index (χ1) is 10.0. The highest BCUT2D eigenvalue weighted by atomic mass is 16.3. The number of phenolic OH excluding ortho intramolecular Hbond substituents is 1. The average molecular weight is 284 g/mol. The van der Waals surface area contributed by atoms with Gasteiger partial charge in [0.15, 0.2) is 5.82 Å². The predicted octanol–water partition coefficient (Wildman–Crippen LogP) is 3.25. The first kappa shape index (κ1) is 14.8. The van der Waals surface area contributed by atoms with E-state index in [1.807, 2.05) is 44.0 Å². The molecule has 0 aliphatic carbocycles. The quantitative estimate of drug-likeness (QED) is 0.882. The standard InChI is InChI=1S/C16H20N4O/c1-5-20(4)14-10-13(12-8-6-7-9-15(12)21)18-19-16(14)17-11(2)3/h5-11,21H,1H2,2-4H3,(H,17,19). The first-order valence-corrected chi connectivity index (χ1v) is 6.81. The summed E-state index contributed by atoms with van der Waals surface area (Å²) in [6.45, 7) is 7.85. The normalized spacial score (nSPS) is 10.5. The van der Waals surface area contributed by atoms with Crippen molar-refractivity contribution >= 4 is 11.5 Å². The lowest BCUT2D eigenvalue weighted by Gasteiger charge is -2.20. The molecule has 2 aromatic rings. The zero-order chi connectivity index (χ0) is 15.4. The molecule has 0 saturated carbocycles. The van der Waals surface area contributed by atoms with E-state index in [-0.39, 0.29) is 11.8 Å². The molecule has 0 aliphatic rings. The van der Waals surface area contributed by atoms with Crippen molar-refractivity contribution in [3.63, 3.8) is 0 Å². The van der Waals surface area contributed by atoms with Crippen molar-refractivity contribution in [3.8, 4) is 17.0 Å². The van der Waals surface area contributed by atoms with Gasteiger partial charge in [-0.1, -0.05) is 18.7 Å². The van der Waals surface area contributed by atoms with E-state index < -0.39 is 0 Å². The number of hydrogen-bond acceptors (Lipinski definition) is 5. The highest BCUT2D eigenvalue weighted by molar-refractivity contribution is 5.75. The van der Waals surface area contributed by atoms with Crippen LogP contribution in [0.25, 0.3) is 11.3 Å². The molecular weight excluding hydrogens is 264 g/mol. The van der Waals surface area contributed by atoms with E-state index in [1.54, 1.807) is 18.3 Å². The summed E-state index contributed by atoms with van der Waals surface area (Å²) in [6, 6.07) is 9.20. The van der Waals surface area contributed by atoms with E-state index >= 15 is 0 Å². The van der Waals surface area contributed by atoms with Crippen LogP contribution < -0.4 is 10.2 Å². The van der Waals surface area contributed by atoms with Crippen LogP contribution in [0.2, 0.25) is 0 Å². The average Bonchev–Trinajstić information content (AvgIpc) is 2.47. The second kappa shape index (κ2) is 6.26. The summed E-state index contributed by atoms with van der Waals surface area (Å²) < 4.78 is 0. The van der Waals surface area contributed by atoms with Crippen molar-refractivity contribution < 1.29 is 5.11 Å². The van der Waals surface area contributed by atoms with Gasteiger partial charge in [-0.15, -0.1) is 10.2 Å². The summed E-state index contributed by atoms with van der Waals surface area (Å²) in [4.78, 5) is 1.86. The van der Waals surface area contributed by atoms with Crippen LogP contribution in [0.1, 0.15) is 13.8 Å². The number of aromatic nitrogens is 2. The van der Waals surface area contributed by atoms with Gasteiger partial charge in [-0.3, -0.25) is 0 Å². The number of hydrogen-bond donors (Lipinski definition) is 2. The number of anilines is 2. The van der Waals surface area contributed by atoms with Gasteiger partial charge in [0.2, 0.25) is 0 Å². The number of aromatic hydroxyl groups is 1. The van der Waals surface area contributed by atoms with Crippen LogP contribution in [0.5, 0.6) is 5.75 Å². The van der Waals surface area contributed by atoms with Gasteiger partial charge in [0, 0.05) is 18.7 Å². The molecule has 0 saturated heterocycles. The Morgan fingerprint density at radius 1 is 1.29 bits per heavy atom. The molecule has 5 nitrogen and oxygen atoms in total. The maximum atomic E-state index is 9.95. The molecule has 5 heteroatoms. The maximum Gasteiger partial charge on any atom is 0.172 e. The summed E-state index contributed by atoms with van der Waals surface area (Å²) in [5.74, 6) is 0.871. The summed E-state index contributed by atoms with van der Waals surface area (Å²) in [6.07, 6.45) is 1.71. The largest absolute Gasteiger partial charge is 0.507 e. The molecular formula is C16H20N4O. The Morgan fingerprint density at radius 2 is 2.00 bits per heavy atom. The summed E-state index contributed by atoms with van der Waals surface area (Å²) >= 11 is 0. The number of nitrogens with zero attached hydrogens (tertiary/aromatic N) is 3. The molecule has 0 radical (unpaired) electrons. The third-order valence-electron chi connectivity index (χ3n) is 3.03. The van der Waals surface area contributed by atoms with Crippen LogP contribution in [0.3, 0.4) is 0 Å². The van der Waals surface area contributed by atoms with E-state index in [2.05, 4.69) is 22.1 Å². The number of nitrogens with one attached hydrogen (secondary N) is 1. The molecule has 1 heterocycles. The van der Waals surface area contributed by atoms with Gasteiger partial charge >= 0.3 is 0 Å². The lowest BCUT2D eigenvalue weighted by Crippen LogP contribution is -2.17. The zero-order valence-electron chi connectivity index (χ0n) is 12.5. The molecule has 110 valence electrons. The molecule has 0 amide bonds. The summed E-state index contributed by atoms with van der Waals surface area (Å²) in [7, 11) is 1.89. The van der Waals surface area contributed by atoms with Gasteiger partial charge in [-0.05, 0) is 38.2 Å². The van der Waals surface area contributed by atoms with Crippen molar-refractivity contribution in [2.75, 3.05) is 17.3 Å². The second-order valence-corrected chi connectivity index (χ2v) is 5.07. The van der Waals surface area contributed by atoms with Gasteiger partial charge in [0.1, 0.15) is 5.75 Å². The fourth-order valence-corrected chi connectivity index (χ4v) is 1.95. The van der Waals surface area contributed by atoms with Crippen molar-refractivity contribution in [2.45, 2.75) is 19.9 Å². The Balaban J connectivity index is 2.51. The molecule has 21 heavy (non-hydrogen) atoms. The molecule has 0 fully saturated rings. The highest BCUT2D eigenvalue weighted by Gasteiger charge is 2.13. The molecule has 0 bridgehead atoms. The SMILES string of the molecule is C=CN(C)c1cc(-c2ccccc2O)nnc1NC(C)C. The lowest BCUT2D eigenvalue weighted by molar-refractivity contribution is 0.477. The minimum atomic E-state index is 0.184. The number of para-hydroxylation sites is 1. The molecule has 1 aromatic carbocycles. The smallest absolute Gasteiger partial charge is 0.172 e. The third-order valence-corrected chi connectivity index (χ3v) is 3.03. The Bertz CT molecular complexity index is 640. The maximum absolute atomic E-state index is 9.95. The van der Waals surface area contributed by atoms with Gasteiger partial charge in [-0.25, -0.2) is 0 Å². The van der Waals surface area contributed by atoms with E-state index in [4.69, 9.17) is 0 Å². The molecule has 0 unspecified atom stereocenters. The van der Waals surface area contributed by atoms with Crippen molar-refractivity contribution in [3.05, 3.63) is 43.1 Å². The Hall–Kier alpha value is -2.56. The number of rotatable bonds is 5. The van der Waals surface area contributed by atoms with E-state index in [9.17, 15) is 5.11 Å². The van der Waals surface area contributed by atoms with Gasteiger partial charge in [0.05, 0.1) is 11.4 Å². The van der Waals surface area contributed by atoms with Crippen molar-refractivity contribution in [2.24, 2.45) is 0 Å². The van der Waals surface area contributed by atoms with E-state index in [0.29, 0.717) is 17.1 Å². The monoisotopic (exact) mass is 284 g/mol. The highest BCUT2D eigenvalue weighted by Crippen LogP contribution is 2.32. The first-order valence-electron chi connectivity index (χ1n) is 6.81. The summed E-state index contributed by atoms with van der Waals surface area (Å²) in [5.41, 5.74) is 2.12. The molecule has 2 rings (SSSR count). The minimum Gasteiger partial charge on any atom is -0.507 e. The number of phenols is 1. The molecule has 0 aliphatic heterocycles. The van der Waals surface area contributed by atoms with E-state index in [1.165, 1.54) is 0 Å². The Labute approximate surface area is 125 Å². The van der Waals surface area contributed by atoms with E-state index in [0.717, 1.165) is 5.69 Å². The van der Waals surface area contributed by atoms with Crippen molar-refractivity contribution in [1.82, 2.24) is 10.2 Å². The van der Waals surface area contributed by atoms with Crippen LogP contribution in [0, 0.1) is 0 Å². The van der Waals surface area contributed by atoms with Gasteiger partial charge < -0.3 is 15.3 Å². The van der Waals surface area contributed by atoms with Gasteiger partial charge in [0.25, 0.3) is 0 Å². The van der Waals surface area contributed by atoms with Gasteiger partial charge in [-0.2, -0.15) is 0 Å². The second-order valence-electron chi connectivity index (χ2n) is 5.07. The van der Waals surface area contributed by atoms with Crippen LogP contribution >= 0.6 is 0 Å². The fraction of sp³-hybridized carbons (Fsp3) is 0.250. The van der Waals surface area contributed by atoms with Crippen LogP contribution in [0.15, 0.2) is 43.1 Å². The lowest BCUT2D eigenvalue weighted by atomic mass is 10.1. The van der Waals surface area contributed by atoms with Crippen LogP contribution in [0.4, 0.5) is 11.5 Å². The molecule has 0 atom stereocenters. The fourth-order valence-electron chi connectivity index (χ4n) is 1.95. The predicted molar refractivity (Wildman–Crippen MR) is 86.5 cm³/mol. The Kier molecular flexibility index (Phi) is 4.42. The number of benzene rings is 1. The van der Waals surface area contributed by atoms with Crippen molar-refractivity contribution in [1.29, 1.82) is 0 Å². The molecule has 0 spiro atoms. The van der Waals surface area contributed by atoms with Crippen LogP contribution in [-0.2, 0) is 0 Å². The topological polar surface area (TPSA) is 61.3 Å². The summed E-state index contributed by atoms with van der Waals surface area (Å²) in [5, 5.41) is 21.7. The third kappa shape index (κ3) is 3.31. The zero-order valence-corrected chi connectivity index (χ0v) is 12.5. The van der Waals surface area contributed by atoms with Crippen LogP contribution in [-0.4, -0.2) is 28.4 Å². The molecule has 2 N–H and O–H groups in total. The molecule has 1 aromatic heterocycles. The minimum absolute atomic E-state index is 0.184.